The Morgan fingerprint density at radius 1 is 1.40 bits per heavy atom. The third kappa shape index (κ3) is 2.31. The van der Waals surface area contributed by atoms with Crippen LogP contribution in [0.1, 0.15) is 0 Å². The van der Waals surface area contributed by atoms with E-state index in [-0.39, 0.29) is 0 Å². The maximum Gasteiger partial charge on any atom is 0.230 e. The number of hydrogen-bond donors (Lipinski definition) is 1. The van der Waals surface area contributed by atoms with Crippen LogP contribution in [0.2, 0.25) is 0 Å². The second-order valence-corrected chi connectivity index (χ2v) is 3.34. The van der Waals surface area contributed by atoms with E-state index >= 15 is 0 Å². The minimum Gasteiger partial charge on any atom is -0.314 e. The zero-order valence-corrected chi connectivity index (χ0v) is 8.47. The average molecular weight is 206 g/mol. The Bertz CT molecular complexity index is 310. The lowest BCUT2D eigenvalue weighted by Crippen LogP contribution is -2.52. The van der Waals surface area contributed by atoms with Crippen LogP contribution in [0.25, 0.3) is 0 Å². The number of hydrazine groups is 1. The predicted molar refractivity (Wildman–Crippen MR) is 57.2 cm³/mol. The first kappa shape index (κ1) is 10.1. The molecule has 80 valence electrons. The molecule has 0 spiro atoms. The molecule has 5 nitrogen and oxygen atoms in total. The first-order valence-electron chi connectivity index (χ1n) is 5.03. The van der Waals surface area contributed by atoms with E-state index in [2.05, 4.69) is 10.3 Å². The summed E-state index contributed by atoms with van der Waals surface area (Å²) in [5.74, 6) is 0.675. The summed E-state index contributed by atoms with van der Waals surface area (Å²) in [6, 6.07) is 5.54. The van der Waals surface area contributed by atoms with Gasteiger partial charge in [-0.3, -0.25) is 4.79 Å². The van der Waals surface area contributed by atoms with Crippen LogP contribution in [-0.2, 0) is 4.79 Å². The smallest absolute Gasteiger partial charge is 0.230 e. The first-order chi connectivity index (χ1) is 7.42. The number of carbonyl (C=O) groups is 1. The molecular weight excluding hydrogens is 192 g/mol. The van der Waals surface area contributed by atoms with Crippen molar-refractivity contribution in [3.8, 4) is 0 Å². The third-order valence-corrected chi connectivity index (χ3v) is 2.38. The molecule has 1 fully saturated rings. The topological polar surface area (TPSA) is 48.5 Å². The van der Waals surface area contributed by atoms with Gasteiger partial charge in [0, 0.05) is 32.4 Å². The van der Waals surface area contributed by atoms with Crippen LogP contribution in [0.4, 0.5) is 5.82 Å². The predicted octanol–water partition coefficient (Wildman–Crippen LogP) is -0.135. The number of carbonyl (C=O) groups excluding carboxylic acids is 1. The van der Waals surface area contributed by atoms with E-state index in [1.807, 2.05) is 23.2 Å². The summed E-state index contributed by atoms with van der Waals surface area (Å²) < 4.78 is 0. The van der Waals surface area contributed by atoms with E-state index in [1.54, 1.807) is 11.2 Å². The molecule has 1 aliphatic heterocycles. The van der Waals surface area contributed by atoms with E-state index in [0.717, 1.165) is 32.6 Å². The van der Waals surface area contributed by atoms with Gasteiger partial charge in [-0.1, -0.05) is 6.07 Å². The second-order valence-electron chi connectivity index (χ2n) is 3.34. The van der Waals surface area contributed by atoms with Crippen molar-refractivity contribution in [1.82, 2.24) is 15.3 Å². The number of pyridine rings is 1. The van der Waals surface area contributed by atoms with Gasteiger partial charge in [0.15, 0.2) is 0 Å². The molecule has 1 aromatic rings. The standard InChI is InChI=1S/C10H14N4O/c15-9-14(10-3-1-2-4-12-10)13-7-5-11-6-8-13/h1-4,9,11H,5-8H2. The molecule has 1 N–H and O–H groups in total. The largest absolute Gasteiger partial charge is 0.314 e. The van der Waals surface area contributed by atoms with Crippen molar-refractivity contribution >= 4 is 12.2 Å². The fraction of sp³-hybridized carbons (Fsp3) is 0.400. The fourth-order valence-corrected chi connectivity index (χ4v) is 1.62. The van der Waals surface area contributed by atoms with E-state index in [0.29, 0.717) is 5.82 Å². The Hall–Kier alpha value is -1.46. The lowest BCUT2D eigenvalue weighted by Gasteiger charge is -2.34. The van der Waals surface area contributed by atoms with E-state index in [9.17, 15) is 4.79 Å². The Morgan fingerprint density at radius 3 is 2.80 bits per heavy atom. The van der Waals surface area contributed by atoms with E-state index in [4.69, 9.17) is 0 Å². The molecule has 15 heavy (non-hydrogen) atoms. The van der Waals surface area contributed by atoms with Gasteiger partial charge in [0.1, 0.15) is 5.82 Å². The monoisotopic (exact) mass is 206 g/mol. The van der Waals surface area contributed by atoms with Crippen LogP contribution < -0.4 is 10.3 Å². The molecule has 0 bridgehead atoms. The van der Waals surface area contributed by atoms with Crippen LogP contribution in [0, 0.1) is 0 Å². The number of anilines is 1. The Labute approximate surface area is 88.7 Å². The van der Waals surface area contributed by atoms with Gasteiger partial charge in [0.25, 0.3) is 0 Å². The summed E-state index contributed by atoms with van der Waals surface area (Å²) in [5, 5.41) is 6.80. The van der Waals surface area contributed by atoms with E-state index in [1.165, 1.54) is 0 Å². The maximum atomic E-state index is 11.0. The quantitative estimate of drug-likeness (QED) is 0.700. The van der Waals surface area contributed by atoms with Gasteiger partial charge in [-0.05, 0) is 12.1 Å². The highest BCUT2D eigenvalue weighted by molar-refractivity contribution is 5.71. The summed E-state index contributed by atoms with van der Waals surface area (Å²) in [7, 11) is 0. The van der Waals surface area contributed by atoms with Crippen LogP contribution >= 0.6 is 0 Å². The summed E-state index contributed by atoms with van der Waals surface area (Å²) in [6.45, 7) is 3.46. The fourth-order valence-electron chi connectivity index (χ4n) is 1.62. The van der Waals surface area contributed by atoms with Crippen molar-refractivity contribution in [2.75, 3.05) is 31.2 Å². The van der Waals surface area contributed by atoms with Crippen LogP contribution in [0.5, 0.6) is 0 Å². The maximum absolute atomic E-state index is 11.0. The van der Waals surface area contributed by atoms with Crippen molar-refractivity contribution in [3.63, 3.8) is 0 Å². The van der Waals surface area contributed by atoms with Crippen molar-refractivity contribution in [2.24, 2.45) is 0 Å². The van der Waals surface area contributed by atoms with Crippen molar-refractivity contribution < 1.29 is 4.79 Å². The summed E-state index contributed by atoms with van der Waals surface area (Å²) in [5.41, 5.74) is 0. The molecule has 2 rings (SSSR count). The van der Waals surface area contributed by atoms with Gasteiger partial charge in [-0.2, -0.15) is 0 Å². The number of rotatable bonds is 3. The van der Waals surface area contributed by atoms with Gasteiger partial charge in [-0.25, -0.2) is 15.0 Å². The molecule has 1 amide bonds. The minimum atomic E-state index is 0.675. The van der Waals surface area contributed by atoms with Gasteiger partial charge >= 0.3 is 0 Å². The highest BCUT2D eigenvalue weighted by atomic mass is 16.1. The van der Waals surface area contributed by atoms with Crippen LogP contribution in [0.15, 0.2) is 24.4 Å². The molecular formula is C10H14N4O. The Morgan fingerprint density at radius 2 is 2.20 bits per heavy atom. The molecule has 2 heterocycles. The number of amides is 1. The molecule has 0 saturated carbocycles. The van der Waals surface area contributed by atoms with Gasteiger partial charge in [-0.15, -0.1) is 0 Å². The second kappa shape index (κ2) is 4.86. The zero-order chi connectivity index (χ0) is 10.5. The Balaban J connectivity index is 2.12. The highest BCUT2D eigenvalue weighted by Gasteiger charge is 2.18. The molecule has 0 radical (unpaired) electrons. The average Bonchev–Trinajstić information content (AvgIpc) is 2.33. The first-order valence-corrected chi connectivity index (χ1v) is 5.03. The number of aromatic nitrogens is 1. The molecule has 5 heteroatoms. The van der Waals surface area contributed by atoms with E-state index < -0.39 is 0 Å². The molecule has 1 aromatic heterocycles. The summed E-state index contributed by atoms with van der Waals surface area (Å²) in [4.78, 5) is 15.2. The summed E-state index contributed by atoms with van der Waals surface area (Å²) in [6.07, 6.45) is 2.50. The number of nitrogens with one attached hydrogen (secondary N) is 1. The minimum absolute atomic E-state index is 0.675. The van der Waals surface area contributed by atoms with Crippen molar-refractivity contribution in [2.45, 2.75) is 0 Å². The van der Waals surface area contributed by atoms with Crippen LogP contribution in [0.3, 0.4) is 0 Å². The molecule has 0 unspecified atom stereocenters. The number of nitrogens with zero attached hydrogens (tertiary/aromatic N) is 3. The number of piperazine rings is 1. The molecule has 0 aliphatic carbocycles. The highest BCUT2D eigenvalue weighted by Crippen LogP contribution is 2.10. The lowest BCUT2D eigenvalue weighted by atomic mass is 10.4. The Kier molecular flexibility index (Phi) is 3.26. The molecule has 0 atom stereocenters. The number of hydrogen-bond acceptors (Lipinski definition) is 4. The zero-order valence-electron chi connectivity index (χ0n) is 8.47. The summed E-state index contributed by atoms with van der Waals surface area (Å²) >= 11 is 0. The van der Waals surface area contributed by atoms with Gasteiger partial charge < -0.3 is 5.32 Å². The SMILES string of the molecule is O=CN(c1ccccn1)N1CCNCC1. The van der Waals surface area contributed by atoms with Gasteiger partial charge in [0.2, 0.25) is 6.41 Å². The normalized spacial score (nSPS) is 17.3. The third-order valence-electron chi connectivity index (χ3n) is 2.38. The molecule has 0 aromatic carbocycles. The molecule has 1 aliphatic rings. The van der Waals surface area contributed by atoms with Gasteiger partial charge in [0.05, 0.1) is 0 Å². The lowest BCUT2D eigenvalue weighted by molar-refractivity contribution is -0.110. The van der Waals surface area contributed by atoms with Crippen molar-refractivity contribution in [3.05, 3.63) is 24.4 Å². The molecule has 1 saturated heterocycles. The van der Waals surface area contributed by atoms with Crippen LogP contribution in [-0.4, -0.2) is 42.6 Å². The van der Waals surface area contributed by atoms with Crippen molar-refractivity contribution in [1.29, 1.82) is 0 Å².